The van der Waals surface area contributed by atoms with Gasteiger partial charge >= 0.3 is 0 Å². The fourth-order valence-corrected chi connectivity index (χ4v) is 4.02. The molecule has 0 aliphatic heterocycles. The van der Waals surface area contributed by atoms with Gasteiger partial charge in [-0.05, 0) is 68.3 Å². The summed E-state index contributed by atoms with van der Waals surface area (Å²) in [4.78, 5) is 17.1. The lowest BCUT2D eigenvalue weighted by Gasteiger charge is -2.17. The van der Waals surface area contributed by atoms with E-state index in [4.69, 9.17) is 10.2 Å². The third-order valence-corrected chi connectivity index (χ3v) is 5.79. The van der Waals surface area contributed by atoms with Crippen molar-refractivity contribution in [2.45, 2.75) is 26.8 Å². The number of halogens is 1. The number of aromatic nitrogens is 4. The average molecular weight is 481 g/mol. The quantitative estimate of drug-likeness (QED) is 0.291. The number of benzene rings is 2. The summed E-state index contributed by atoms with van der Waals surface area (Å²) in [5, 5.41) is 3.36. The SMILES string of the molecule is Cc1cccc(-c2ccc(-c3cc(NC(C)c4cc(F)cc(-c5cnc(N)nc5)c4)nc(C)n3)o2)c1. The molecule has 5 aromatic rings. The number of nitrogens with one attached hydrogen (secondary N) is 1. The van der Waals surface area contributed by atoms with Crippen LogP contribution < -0.4 is 11.1 Å². The van der Waals surface area contributed by atoms with Crippen LogP contribution in [0.2, 0.25) is 0 Å². The van der Waals surface area contributed by atoms with E-state index in [2.05, 4.69) is 31.3 Å². The van der Waals surface area contributed by atoms with Crippen molar-refractivity contribution in [3.05, 3.63) is 95.8 Å². The first-order valence-corrected chi connectivity index (χ1v) is 11.5. The van der Waals surface area contributed by atoms with Crippen LogP contribution in [0.5, 0.6) is 0 Å². The van der Waals surface area contributed by atoms with Crippen molar-refractivity contribution in [3.63, 3.8) is 0 Å². The summed E-state index contributed by atoms with van der Waals surface area (Å²) >= 11 is 0. The lowest BCUT2D eigenvalue weighted by Crippen LogP contribution is -2.10. The zero-order valence-electron chi connectivity index (χ0n) is 20.2. The third kappa shape index (κ3) is 5.07. The number of nitrogens with two attached hydrogens (primary N) is 1. The second-order valence-electron chi connectivity index (χ2n) is 8.69. The summed E-state index contributed by atoms with van der Waals surface area (Å²) in [6.45, 7) is 5.81. The highest BCUT2D eigenvalue weighted by atomic mass is 19.1. The van der Waals surface area contributed by atoms with Crippen LogP contribution in [0.25, 0.3) is 33.9 Å². The van der Waals surface area contributed by atoms with Gasteiger partial charge in [-0.1, -0.05) is 23.8 Å². The topological polar surface area (TPSA) is 103 Å². The Hall–Kier alpha value is -4.59. The summed E-state index contributed by atoms with van der Waals surface area (Å²) in [7, 11) is 0. The molecule has 7 nitrogen and oxygen atoms in total. The van der Waals surface area contributed by atoms with Crippen molar-refractivity contribution in [1.29, 1.82) is 0 Å². The molecule has 0 bridgehead atoms. The normalized spacial score (nSPS) is 11.9. The van der Waals surface area contributed by atoms with Crippen molar-refractivity contribution >= 4 is 11.8 Å². The minimum absolute atomic E-state index is 0.169. The molecule has 3 aromatic heterocycles. The molecule has 5 rings (SSSR count). The first-order chi connectivity index (χ1) is 17.3. The monoisotopic (exact) mass is 480 g/mol. The lowest BCUT2D eigenvalue weighted by atomic mass is 10.0. The van der Waals surface area contributed by atoms with Gasteiger partial charge in [0.1, 0.15) is 28.9 Å². The van der Waals surface area contributed by atoms with Gasteiger partial charge in [-0.3, -0.25) is 0 Å². The Morgan fingerprint density at radius 1 is 0.861 bits per heavy atom. The number of nitrogen functional groups attached to an aromatic ring is 1. The molecule has 36 heavy (non-hydrogen) atoms. The molecule has 0 aliphatic rings. The summed E-state index contributed by atoms with van der Waals surface area (Å²) in [5.41, 5.74) is 10.5. The Balaban J connectivity index is 1.40. The molecule has 0 fully saturated rings. The van der Waals surface area contributed by atoms with Gasteiger partial charge < -0.3 is 15.5 Å². The molecule has 0 saturated heterocycles. The van der Waals surface area contributed by atoms with Gasteiger partial charge in [0.15, 0.2) is 5.76 Å². The Kier molecular flexibility index (Phi) is 6.16. The van der Waals surface area contributed by atoms with Gasteiger partial charge in [-0.2, -0.15) is 0 Å². The molecule has 8 heteroatoms. The predicted octanol–water partition coefficient (Wildman–Crippen LogP) is 6.37. The smallest absolute Gasteiger partial charge is 0.219 e. The van der Waals surface area contributed by atoms with Crippen molar-refractivity contribution < 1.29 is 8.81 Å². The molecule has 1 atom stereocenters. The third-order valence-electron chi connectivity index (χ3n) is 5.79. The molecule has 0 spiro atoms. The number of hydrogen-bond donors (Lipinski definition) is 2. The Morgan fingerprint density at radius 3 is 2.42 bits per heavy atom. The largest absolute Gasteiger partial charge is 0.454 e. The van der Waals surface area contributed by atoms with Crippen LogP contribution in [0.4, 0.5) is 16.2 Å². The van der Waals surface area contributed by atoms with E-state index in [1.807, 2.05) is 63.2 Å². The van der Waals surface area contributed by atoms with E-state index in [0.29, 0.717) is 34.2 Å². The van der Waals surface area contributed by atoms with Crippen molar-refractivity contribution in [1.82, 2.24) is 19.9 Å². The highest BCUT2D eigenvalue weighted by molar-refractivity contribution is 5.66. The minimum Gasteiger partial charge on any atom is -0.454 e. The highest BCUT2D eigenvalue weighted by Crippen LogP contribution is 2.30. The summed E-state index contributed by atoms with van der Waals surface area (Å²) in [6, 6.07) is 18.4. The predicted molar refractivity (Wildman–Crippen MR) is 139 cm³/mol. The van der Waals surface area contributed by atoms with Gasteiger partial charge in [-0.15, -0.1) is 0 Å². The molecule has 0 radical (unpaired) electrons. The fraction of sp³-hybridized carbons (Fsp3) is 0.143. The lowest BCUT2D eigenvalue weighted by molar-refractivity contribution is 0.594. The molecule has 3 heterocycles. The standard InChI is InChI=1S/C28H25FN6O/c1-16-5-4-6-19(9-16)25-7-8-26(36-25)24-13-27(35-18(3)34-24)33-17(2)20-10-21(12-23(29)11-20)22-14-31-28(30)32-15-22/h4-15,17H,1-3H3,(H2,30,31,32)(H,33,34,35). The molecule has 0 saturated carbocycles. The molecule has 1 unspecified atom stereocenters. The number of anilines is 2. The van der Waals surface area contributed by atoms with Gasteiger partial charge in [0.2, 0.25) is 5.95 Å². The molecule has 180 valence electrons. The van der Waals surface area contributed by atoms with Gasteiger partial charge in [0.05, 0.1) is 6.04 Å². The highest BCUT2D eigenvalue weighted by Gasteiger charge is 2.14. The molecule has 0 aliphatic carbocycles. The van der Waals surface area contributed by atoms with Crippen molar-refractivity contribution in [3.8, 4) is 33.9 Å². The van der Waals surface area contributed by atoms with E-state index in [9.17, 15) is 4.39 Å². The minimum atomic E-state index is -0.355. The average Bonchev–Trinajstić information content (AvgIpc) is 3.34. The van der Waals surface area contributed by atoms with E-state index in [1.165, 1.54) is 12.1 Å². The second kappa shape index (κ2) is 9.58. The van der Waals surface area contributed by atoms with Crippen LogP contribution >= 0.6 is 0 Å². The maximum atomic E-state index is 14.5. The van der Waals surface area contributed by atoms with E-state index >= 15 is 0 Å². The summed E-state index contributed by atoms with van der Waals surface area (Å²) < 4.78 is 20.6. The van der Waals surface area contributed by atoms with Crippen LogP contribution in [0.3, 0.4) is 0 Å². The number of nitrogens with zero attached hydrogens (tertiary/aromatic N) is 4. The number of aryl methyl sites for hydroxylation is 2. The Labute approximate surface area is 208 Å². The first-order valence-electron chi connectivity index (χ1n) is 11.5. The first kappa shape index (κ1) is 23.2. The van der Waals surface area contributed by atoms with Gasteiger partial charge in [0.25, 0.3) is 0 Å². The number of furan rings is 1. The van der Waals surface area contributed by atoms with Crippen LogP contribution in [-0.4, -0.2) is 19.9 Å². The van der Waals surface area contributed by atoms with Gasteiger partial charge in [-0.25, -0.2) is 24.3 Å². The maximum absolute atomic E-state index is 14.5. The molecule has 3 N–H and O–H groups in total. The Bertz CT molecular complexity index is 1530. The summed E-state index contributed by atoms with van der Waals surface area (Å²) in [6.07, 6.45) is 3.15. The zero-order chi connectivity index (χ0) is 25.2. The number of rotatable bonds is 6. The van der Waals surface area contributed by atoms with E-state index in [-0.39, 0.29) is 17.8 Å². The molecule has 2 aromatic carbocycles. The maximum Gasteiger partial charge on any atom is 0.219 e. The van der Waals surface area contributed by atoms with Crippen LogP contribution in [0.15, 0.2) is 77.5 Å². The van der Waals surface area contributed by atoms with Crippen molar-refractivity contribution in [2.24, 2.45) is 0 Å². The molecule has 0 amide bonds. The molecular weight excluding hydrogens is 455 g/mol. The van der Waals surface area contributed by atoms with Crippen molar-refractivity contribution in [2.75, 3.05) is 11.1 Å². The van der Waals surface area contributed by atoms with E-state index in [1.54, 1.807) is 12.4 Å². The summed E-state index contributed by atoms with van der Waals surface area (Å²) in [5.74, 6) is 2.43. The molecular formula is C28H25FN6O. The van der Waals surface area contributed by atoms with Gasteiger partial charge in [0, 0.05) is 29.6 Å². The fourth-order valence-electron chi connectivity index (χ4n) is 4.02. The van der Waals surface area contributed by atoms with Crippen LogP contribution in [0, 0.1) is 19.7 Å². The Morgan fingerprint density at radius 2 is 1.64 bits per heavy atom. The van der Waals surface area contributed by atoms with Crippen LogP contribution in [0.1, 0.15) is 29.9 Å². The van der Waals surface area contributed by atoms with Crippen LogP contribution in [-0.2, 0) is 0 Å². The van der Waals surface area contributed by atoms with E-state index < -0.39 is 0 Å². The number of hydrogen-bond acceptors (Lipinski definition) is 7. The van der Waals surface area contributed by atoms with E-state index in [0.717, 1.165) is 22.5 Å². The second-order valence-corrected chi connectivity index (χ2v) is 8.69. The zero-order valence-corrected chi connectivity index (χ0v) is 20.2.